The number of likely N-dealkylation sites (tertiary alicyclic amines) is 1. The average molecular weight is 610 g/mol. The van der Waals surface area contributed by atoms with Gasteiger partial charge in [-0.1, -0.05) is 41.4 Å². The predicted molar refractivity (Wildman–Crippen MR) is 163 cm³/mol. The zero-order chi connectivity index (χ0) is 29.4. The minimum atomic E-state index is -0.860. The highest BCUT2D eigenvalue weighted by atomic mass is 35.5. The minimum Gasteiger partial charge on any atom is -0.481 e. The summed E-state index contributed by atoms with van der Waals surface area (Å²) in [5, 5.41) is 15.5. The highest BCUT2D eigenvalue weighted by molar-refractivity contribution is 6.42. The van der Waals surface area contributed by atoms with Crippen molar-refractivity contribution in [3.05, 3.63) is 69.6 Å². The second-order valence-electron chi connectivity index (χ2n) is 11.2. The number of aliphatic carboxylic acids is 1. The van der Waals surface area contributed by atoms with Crippen LogP contribution in [0, 0.1) is 0 Å². The van der Waals surface area contributed by atoms with Crippen LogP contribution in [0.5, 0.6) is 0 Å². The second-order valence-corrected chi connectivity index (χ2v) is 12.0. The molecule has 42 heavy (non-hydrogen) atoms. The topological polar surface area (TPSA) is 96.5 Å². The van der Waals surface area contributed by atoms with Crippen LogP contribution in [0.4, 0.5) is 0 Å². The number of halogens is 2. The van der Waals surface area contributed by atoms with E-state index in [4.69, 9.17) is 28.3 Å². The summed E-state index contributed by atoms with van der Waals surface area (Å²) in [6.07, 6.45) is 3.55. The first-order valence-electron chi connectivity index (χ1n) is 14.5. The van der Waals surface area contributed by atoms with E-state index in [-0.39, 0.29) is 18.4 Å². The van der Waals surface area contributed by atoms with Crippen LogP contribution in [0.2, 0.25) is 10.0 Å². The van der Waals surface area contributed by atoms with E-state index in [1.165, 1.54) is 5.69 Å². The van der Waals surface area contributed by atoms with Gasteiger partial charge in [0.1, 0.15) is 12.2 Å². The van der Waals surface area contributed by atoms with Crippen LogP contribution in [0.1, 0.15) is 49.3 Å². The smallest absolute Gasteiger partial charge is 0.311 e. The van der Waals surface area contributed by atoms with Gasteiger partial charge in [0.05, 0.1) is 26.8 Å². The number of aromatic nitrogens is 4. The molecule has 1 N–H and O–H groups in total. The molecule has 0 saturated carbocycles. The average Bonchev–Trinajstić information content (AvgIpc) is 3.52. The van der Waals surface area contributed by atoms with Gasteiger partial charge in [0.2, 0.25) is 5.91 Å². The Bertz CT molecular complexity index is 1640. The molecule has 0 unspecified atom stereocenters. The molecule has 0 radical (unpaired) electrons. The third-order valence-electron chi connectivity index (χ3n) is 8.52. The number of carbonyl (C=O) groups is 2. The standard InChI is InChI=1S/C31H34Cl2N6O3/c1-20(40)37-16-11-27-23(19-37)31(21-7-8-24(32)25(33)17-21)35-38(27)13-4-12-36-14-9-22(10-15-36)39-28-6-3-2-5-26(28)34-29(39)18-30(41)42/h2-3,5-8,17,22H,4,9-16,18-19H2,1H3,(H,41,42). The molecule has 9 nitrogen and oxygen atoms in total. The molecule has 0 spiro atoms. The van der Waals surface area contributed by atoms with Crippen LogP contribution in [0.15, 0.2) is 42.5 Å². The van der Waals surface area contributed by atoms with Crippen LogP contribution >= 0.6 is 23.2 Å². The summed E-state index contributed by atoms with van der Waals surface area (Å²) >= 11 is 12.5. The van der Waals surface area contributed by atoms with Crippen molar-refractivity contribution in [1.29, 1.82) is 0 Å². The Hall–Kier alpha value is -3.40. The van der Waals surface area contributed by atoms with E-state index in [2.05, 4.69) is 19.1 Å². The maximum absolute atomic E-state index is 12.2. The summed E-state index contributed by atoms with van der Waals surface area (Å²) in [6, 6.07) is 13.7. The van der Waals surface area contributed by atoms with Crippen molar-refractivity contribution in [2.45, 2.75) is 58.2 Å². The van der Waals surface area contributed by atoms with Crippen molar-refractivity contribution in [2.24, 2.45) is 0 Å². The molecule has 1 amide bonds. The van der Waals surface area contributed by atoms with Crippen molar-refractivity contribution < 1.29 is 14.7 Å². The van der Waals surface area contributed by atoms with E-state index in [1.54, 1.807) is 13.0 Å². The number of nitrogens with zero attached hydrogens (tertiary/aromatic N) is 6. The predicted octanol–water partition coefficient (Wildman–Crippen LogP) is 5.47. The molecule has 2 aromatic heterocycles. The molecule has 1 saturated heterocycles. The maximum Gasteiger partial charge on any atom is 0.311 e. The third-order valence-corrected chi connectivity index (χ3v) is 9.26. The van der Waals surface area contributed by atoms with Gasteiger partial charge in [-0.05, 0) is 50.1 Å². The van der Waals surface area contributed by atoms with Gasteiger partial charge < -0.3 is 19.5 Å². The van der Waals surface area contributed by atoms with E-state index >= 15 is 0 Å². The SMILES string of the molecule is CC(=O)N1CCc2c(c(-c3ccc(Cl)c(Cl)c3)nn2CCCN2CCC(n3c(CC(=O)O)nc4ccccc43)CC2)C1. The number of fused-ring (bicyclic) bond motifs is 2. The van der Waals surface area contributed by atoms with Crippen LogP contribution in [-0.4, -0.2) is 72.3 Å². The molecule has 0 atom stereocenters. The number of rotatable bonds is 8. The summed E-state index contributed by atoms with van der Waals surface area (Å²) in [6.45, 7) is 6.48. The lowest BCUT2D eigenvalue weighted by Gasteiger charge is -2.33. The number of carboxylic acid groups (broad SMARTS) is 1. The van der Waals surface area contributed by atoms with Gasteiger partial charge in [0, 0.05) is 68.9 Å². The van der Waals surface area contributed by atoms with Gasteiger partial charge in [-0.15, -0.1) is 0 Å². The molecule has 4 heterocycles. The van der Waals surface area contributed by atoms with Crippen LogP contribution in [0.25, 0.3) is 22.3 Å². The largest absolute Gasteiger partial charge is 0.481 e. The number of imidazole rings is 1. The van der Waals surface area contributed by atoms with E-state index < -0.39 is 5.97 Å². The number of carbonyl (C=O) groups excluding carboxylic acids is 1. The quantitative estimate of drug-likeness (QED) is 0.285. The number of amides is 1. The van der Waals surface area contributed by atoms with Crippen molar-refractivity contribution in [2.75, 3.05) is 26.2 Å². The number of hydrogen-bond donors (Lipinski definition) is 1. The van der Waals surface area contributed by atoms with Gasteiger partial charge in [-0.2, -0.15) is 5.10 Å². The lowest BCUT2D eigenvalue weighted by atomic mass is 10.0. The highest BCUT2D eigenvalue weighted by Crippen LogP contribution is 2.34. The van der Waals surface area contributed by atoms with Crippen molar-refractivity contribution in [1.82, 2.24) is 29.1 Å². The van der Waals surface area contributed by atoms with E-state index in [9.17, 15) is 14.7 Å². The first-order chi connectivity index (χ1) is 20.3. The zero-order valence-electron chi connectivity index (χ0n) is 23.6. The lowest BCUT2D eigenvalue weighted by molar-refractivity contribution is -0.136. The van der Waals surface area contributed by atoms with Gasteiger partial charge in [-0.25, -0.2) is 4.98 Å². The molecule has 11 heteroatoms. The Labute approximate surface area is 254 Å². The molecular weight excluding hydrogens is 575 g/mol. The van der Waals surface area contributed by atoms with Crippen LogP contribution in [-0.2, 0) is 35.5 Å². The number of piperidine rings is 1. The monoisotopic (exact) mass is 608 g/mol. The molecule has 2 aliphatic heterocycles. The van der Waals surface area contributed by atoms with E-state index in [1.807, 2.05) is 41.3 Å². The molecule has 220 valence electrons. The lowest BCUT2D eigenvalue weighted by Crippen LogP contribution is -2.36. The van der Waals surface area contributed by atoms with E-state index in [0.717, 1.165) is 79.7 Å². The van der Waals surface area contributed by atoms with Crippen molar-refractivity contribution >= 4 is 46.1 Å². The molecule has 4 aromatic rings. The normalized spacial score (nSPS) is 16.2. The highest BCUT2D eigenvalue weighted by Gasteiger charge is 2.28. The van der Waals surface area contributed by atoms with E-state index in [0.29, 0.717) is 29.0 Å². The summed E-state index contributed by atoms with van der Waals surface area (Å²) in [5.41, 5.74) is 5.90. The fraction of sp³-hybridized carbons (Fsp3) is 0.419. The molecule has 1 fully saturated rings. The van der Waals surface area contributed by atoms with Gasteiger partial charge >= 0.3 is 5.97 Å². The van der Waals surface area contributed by atoms with Crippen LogP contribution in [0.3, 0.4) is 0 Å². The Morgan fingerprint density at radius 2 is 1.81 bits per heavy atom. The number of hydrogen-bond acceptors (Lipinski definition) is 5. The molecule has 6 rings (SSSR count). The molecule has 0 aliphatic carbocycles. The second kappa shape index (κ2) is 12.1. The van der Waals surface area contributed by atoms with Gasteiger partial charge in [0.25, 0.3) is 0 Å². The maximum atomic E-state index is 12.2. The number of para-hydroxylation sites is 2. The Balaban J connectivity index is 1.13. The molecule has 2 aromatic carbocycles. The Morgan fingerprint density at radius 3 is 2.55 bits per heavy atom. The fourth-order valence-corrected chi connectivity index (χ4v) is 6.72. The molecular formula is C31H34Cl2N6O3. The molecule has 0 bridgehead atoms. The zero-order valence-corrected chi connectivity index (χ0v) is 25.1. The summed E-state index contributed by atoms with van der Waals surface area (Å²) < 4.78 is 4.28. The number of carboxylic acids is 1. The number of benzene rings is 2. The fourth-order valence-electron chi connectivity index (χ4n) is 6.43. The number of aryl methyl sites for hydroxylation is 1. The summed E-state index contributed by atoms with van der Waals surface area (Å²) in [4.78, 5) is 32.7. The first-order valence-corrected chi connectivity index (χ1v) is 15.2. The Kier molecular flexibility index (Phi) is 8.25. The minimum absolute atomic E-state index is 0.0654. The molecule has 2 aliphatic rings. The summed E-state index contributed by atoms with van der Waals surface area (Å²) in [5.74, 6) is -0.163. The van der Waals surface area contributed by atoms with Crippen molar-refractivity contribution in [3.8, 4) is 11.3 Å². The van der Waals surface area contributed by atoms with Crippen molar-refractivity contribution in [3.63, 3.8) is 0 Å². The van der Waals surface area contributed by atoms with Gasteiger partial charge in [0.15, 0.2) is 0 Å². The van der Waals surface area contributed by atoms with Crippen LogP contribution < -0.4 is 0 Å². The third kappa shape index (κ3) is 5.78. The first kappa shape index (κ1) is 28.7. The Morgan fingerprint density at radius 1 is 1.02 bits per heavy atom. The summed E-state index contributed by atoms with van der Waals surface area (Å²) in [7, 11) is 0. The van der Waals surface area contributed by atoms with Gasteiger partial charge in [-0.3, -0.25) is 14.3 Å².